The first-order valence-electron chi connectivity index (χ1n) is 11.6. The molecule has 1 aliphatic heterocycles. The van der Waals surface area contributed by atoms with Crippen molar-refractivity contribution in [3.63, 3.8) is 0 Å². The Morgan fingerprint density at radius 2 is 1.18 bits per heavy atom. The highest BCUT2D eigenvalue weighted by Gasteiger charge is 2.46. The van der Waals surface area contributed by atoms with Crippen molar-refractivity contribution >= 4 is 0 Å². The summed E-state index contributed by atoms with van der Waals surface area (Å²) in [6.07, 6.45) is -1.44. The van der Waals surface area contributed by atoms with Gasteiger partial charge in [0.2, 0.25) is 0 Å². The van der Waals surface area contributed by atoms with Crippen molar-refractivity contribution in [2.24, 2.45) is 0 Å². The second kappa shape index (κ2) is 12.6. The van der Waals surface area contributed by atoms with Gasteiger partial charge in [-0.2, -0.15) is 0 Å². The van der Waals surface area contributed by atoms with Crippen LogP contribution in [0.3, 0.4) is 0 Å². The van der Waals surface area contributed by atoms with Gasteiger partial charge in [0.25, 0.3) is 0 Å². The molecule has 1 aliphatic rings. The predicted molar refractivity (Wildman–Crippen MR) is 131 cm³/mol. The van der Waals surface area contributed by atoms with E-state index in [-0.39, 0.29) is 0 Å². The summed E-state index contributed by atoms with van der Waals surface area (Å²) in [6.45, 7) is 5.34. The Hall–Kier alpha value is -2.80. The van der Waals surface area contributed by atoms with Crippen LogP contribution >= 0.6 is 0 Å². The van der Waals surface area contributed by atoms with Crippen LogP contribution in [0.4, 0.5) is 0 Å². The minimum atomic E-state index is -0.910. The van der Waals surface area contributed by atoms with Crippen LogP contribution in [0.5, 0.6) is 0 Å². The van der Waals surface area contributed by atoms with Crippen LogP contribution in [0.2, 0.25) is 0 Å². The molecule has 5 heteroatoms. The van der Waals surface area contributed by atoms with Crippen molar-refractivity contribution in [3.8, 4) is 0 Å². The quantitative estimate of drug-likeness (QED) is 0.421. The Morgan fingerprint density at radius 1 is 0.706 bits per heavy atom. The van der Waals surface area contributed by atoms with Crippen molar-refractivity contribution in [1.29, 1.82) is 0 Å². The summed E-state index contributed by atoms with van der Waals surface area (Å²) in [5, 5.41) is 11.1. The lowest BCUT2D eigenvalue weighted by Crippen LogP contribution is -2.59. The number of benzene rings is 3. The maximum atomic E-state index is 11.1. The zero-order valence-corrected chi connectivity index (χ0v) is 19.2. The van der Waals surface area contributed by atoms with Gasteiger partial charge in [-0.05, 0) is 16.7 Å². The molecule has 178 valence electrons. The molecule has 5 atom stereocenters. The van der Waals surface area contributed by atoms with Gasteiger partial charge in [0.1, 0.15) is 30.5 Å². The van der Waals surface area contributed by atoms with Crippen LogP contribution in [-0.2, 0) is 38.8 Å². The van der Waals surface area contributed by atoms with E-state index in [1.165, 1.54) is 0 Å². The fourth-order valence-corrected chi connectivity index (χ4v) is 4.08. The molecule has 34 heavy (non-hydrogen) atoms. The molecule has 3 aromatic rings. The van der Waals surface area contributed by atoms with Gasteiger partial charge in [0.15, 0.2) is 0 Å². The minimum Gasteiger partial charge on any atom is -0.387 e. The molecule has 5 nitrogen and oxygen atoms in total. The van der Waals surface area contributed by atoms with E-state index in [2.05, 4.69) is 6.58 Å². The van der Waals surface area contributed by atoms with Gasteiger partial charge in [0, 0.05) is 0 Å². The highest BCUT2D eigenvalue weighted by atomic mass is 16.6. The van der Waals surface area contributed by atoms with Crippen molar-refractivity contribution in [3.05, 3.63) is 120 Å². The van der Waals surface area contributed by atoms with E-state index in [0.717, 1.165) is 16.7 Å². The summed E-state index contributed by atoms with van der Waals surface area (Å²) < 4.78 is 24.8. The molecule has 0 spiro atoms. The summed E-state index contributed by atoms with van der Waals surface area (Å²) in [7, 11) is 0. The van der Waals surface area contributed by atoms with Crippen molar-refractivity contribution in [2.75, 3.05) is 6.61 Å². The van der Waals surface area contributed by atoms with Crippen molar-refractivity contribution < 1.29 is 24.1 Å². The van der Waals surface area contributed by atoms with Crippen LogP contribution in [-0.4, -0.2) is 42.2 Å². The monoisotopic (exact) mass is 460 g/mol. The summed E-state index contributed by atoms with van der Waals surface area (Å²) in [4.78, 5) is 0. The van der Waals surface area contributed by atoms with E-state index >= 15 is 0 Å². The Labute approximate surface area is 201 Å². The lowest BCUT2D eigenvalue weighted by Gasteiger charge is -2.43. The van der Waals surface area contributed by atoms with Crippen LogP contribution in [0.15, 0.2) is 104 Å². The van der Waals surface area contributed by atoms with Crippen molar-refractivity contribution in [1.82, 2.24) is 0 Å². The molecular formula is C29H32O5. The Balaban J connectivity index is 1.49. The van der Waals surface area contributed by atoms with E-state index in [1.54, 1.807) is 6.08 Å². The molecule has 0 aliphatic carbocycles. The SMILES string of the molecule is C=C[C@H]1O[C@H](COCc2ccccc2)[C@H](OCc2ccccc2)[C@H](OCc2ccccc2)[C@H]1O. The fourth-order valence-electron chi connectivity index (χ4n) is 4.08. The molecule has 3 aromatic carbocycles. The third kappa shape index (κ3) is 6.63. The Morgan fingerprint density at radius 3 is 1.68 bits per heavy atom. The molecular weight excluding hydrogens is 428 g/mol. The molecule has 0 bridgehead atoms. The molecule has 4 rings (SSSR count). The van der Waals surface area contributed by atoms with E-state index in [9.17, 15) is 5.11 Å². The number of ether oxygens (including phenoxy) is 4. The first-order chi connectivity index (χ1) is 16.7. The molecule has 0 unspecified atom stereocenters. The molecule has 1 fully saturated rings. The number of aliphatic hydroxyl groups excluding tert-OH is 1. The van der Waals surface area contributed by atoms with Gasteiger partial charge in [-0.25, -0.2) is 0 Å². The van der Waals surface area contributed by atoms with Gasteiger partial charge < -0.3 is 24.1 Å². The van der Waals surface area contributed by atoms with Gasteiger partial charge >= 0.3 is 0 Å². The molecule has 0 aromatic heterocycles. The lowest BCUT2D eigenvalue weighted by atomic mass is 9.94. The van der Waals surface area contributed by atoms with Gasteiger partial charge in [-0.1, -0.05) is 97.1 Å². The minimum absolute atomic E-state index is 0.302. The summed E-state index contributed by atoms with van der Waals surface area (Å²) in [5.74, 6) is 0. The summed E-state index contributed by atoms with van der Waals surface area (Å²) in [6, 6.07) is 29.8. The Bertz CT molecular complexity index is 979. The van der Waals surface area contributed by atoms with Gasteiger partial charge in [-0.15, -0.1) is 6.58 Å². The number of hydrogen-bond donors (Lipinski definition) is 1. The highest BCUT2D eigenvalue weighted by Crippen LogP contribution is 2.29. The average Bonchev–Trinajstić information content (AvgIpc) is 2.89. The Kier molecular flexibility index (Phi) is 9.02. The molecule has 1 heterocycles. The van der Waals surface area contributed by atoms with Gasteiger partial charge in [-0.3, -0.25) is 0 Å². The standard InChI is InChI=1S/C29H32O5/c1-2-25-27(30)29(33-20-24-16-10-5-11-17-24)28(32-19-23-14-8-4-9-15-23)26(34-25)21-31-18-22-12-6-3-7-13-22/h2-17,25-30H,1,18-21H2/t25-,26-,27+,28+,29-/m1/s1. The number of rotatable bonds is 11. The summed E-state index contributed by atoms with van der Waals surface area (Å²) >= 11 is 0. The normalized spacial score (nSPS) is 24.6. The number of hydrogen-bond acceptors (Lipinski definition) is 5. The second-order valence-corrected chi connectivity index (χ2v) is 8.39. The largest absolute Gasteiger partial charge is 0.387 e. The third-order valence-corrected chi connectivity index (χ3v) is 5.89. The van der Waals surface area contributed by atoms with Crippen LogP contribution in [0, 0.1) is 0 Å². The van der Waals surface area contributed by atoms with Crippen LogP contribution < -0.4 is 0 Å². The first kappa shape index (κ1) is 24.3. The van der Waals surface area contributed by atoms with Crippen molar-refractivity contribution in [2.45, 2.75) is 50.3 Å². The number of aliphatic hydroxyl groups is 1. The fraction of sp³-hybridized carbons (Fsp3) is 0.310. The third-order valence-electron chi connectivity index (χ3n) is 5.89. The zero-order valence-electron chi connectivity index (χ0n) is 19.2. The highest BCUT2D eigenvalue weighted by molar-refractivity contribution is 5.15. The first-order valence-corrected chi connectivity index (χ1v) is 11.6. The summed E-state index contributed by atoms with van der Waals surface area (Å²) in [5.41, 5.74) is 3.14. The van der Waals surface area contributed by atoms with Gasteiger partial charge in [0.05, 0.1) is 26.4 Å². The lowest BCUT2D eigenvalue weighted by molar-refractivity contribution is -0.251. The predicted octanol–water partition coefficient (Wildman–Crippen LogP) is 4.69. The smallest absolute Gasteiger partial charge is 0.115 e. The molecule has 0 radical (unpaired) electrons. The van der Waals surface area contributed by atoms with Crippen LogP contribution in [0.25, 0.3) is 0 Å². The maximum absolute atomic E-state index is 11.1. The topological polar surface area (TPSA) is 57.2 Å². The zero-order chi connectivity index (χ0) is 23.6. The molecule has 1 saturated heterocycles. The van der Waals surface area contributed by atoms with E-state index in [0.29, 0.717) is 26.4 Å². The maximum Gasteiger partial charge on any atom is 0.115 e. The van der Waals surface area contributed by atoms with E-state index < -0.39 is 30.5 Å². The average molecular weight is 461 g/mol. The van der Waals surface area contributed by atoms with E-state index in [1.807, 2.05) is 91.0 Å². The molecule has 0 amide bonds. The van der Waals surface area contributed by atoms with E-state index in [4.69, 9.17) is 18.9 Å². The molecule has 1 N–H and O–H groups in total. The second-order valence-electron chi connectivity index (χ2n) is 8.39. The van der Waals surface area contributed by atoms with Crippen LogP contribution in [0.1, 0.15) is 16.7 Å². The molecule has 0 saturated carbocycles.